The Labute approximate surface area is 85.2 Å². The molecular formula is C7H7BrClN3. The summed E-state index contributed by atoms with van der Waals surface area (Å²) in [5.74, 6) is 0. The second-order valence-corrected chi connectivity index (χ2v) is 2.69. The van der Waals surface area contributed by atoms with Gasteiger partial charge in [-0.3, -0.25) is 0 Å². The highest BCUT2D eigenvalue weighted by Gasteiger charge is 2.00. The highest BCUT2D eigenvalue weighted by molar-refractivity contribution is 8.93. The quantitative estimate of drug-likeness (QED) is 0.716. The van der Waals surface area contributed by atoms with Gasteiger partial charge in [0.1, 0.15) is 0 Å². The second kappa shape index (κ2) is 3.41. The maximum atomic E-state index is 5.78. The van der Waals surface area contributed by atoms with E-state index in [-0.39, 0.29) is 17.0 Å². The number of hydrogen-bond acceptors (Lipinski definition) is 2. The van der Waals surface area contributed by atoms with Crippen molar-refractivity contribution in [2.75, 3.05) is 0 Å². The molecular weight excluding hydrogens is 241 g/mol. The van der Waals surface area contributed by atoms with E-state index in [4.69, 9.17) is 11.6 Å². The van der Waals surface area contributed by atoms with Crippen molar-refractivity contribution >= 4 is 34.2 Å². The summed E-state index contributed by atoms with van der Waals surface area (Å²) in [6.07, 6.45) is 5.38. The van der Waals surface area contributed by atoms with E-state index in [0.29, 0.717) is 10.8 Å². The van der Waals surface area contributed by atoms with Crippen molar-refractivity contribution in [1.29, 1.82) is 0 Å². The fraction of sp³-hybridized carbons (Fsp3) is 0.143. The molecule has 2 aromatic heterocycles. The summed E-state index contributed by atoms with van der Waals surface area (Å²) in [7, 11) is 0. The monoisotopic (exact) mass is 247 g/mol. The van der Waals surface area contributed by atoms with Gasteiger partial charge in [0.25, 0.3) is 0 Å². The molecule has 2 heterocycles. The Bertz CT molecular complexity index is 398. The van der Waals surface area contributed by atoms with Gasteiger partial charge in [0.05, 0.1) is 5.69 Å². The number of aryl methyl sites for hydroxylation is 1. The van der Waals surface area contributed by atoms with Crippen molar-refractivity contribution in [2.24, 2.45) is 0 Å². The fourth-order valence-corrected chi connectivity index (χ4v) is 1.21. The molecule has 0 saturated carbocycles. The van der Waals surface area contributed by atoms with E-state index in [9.17, 15) is 0 Å². The molecule has 0 aliphatic rings. The smallest absolute Gasteiger partial charge is 0.175 e. The number of rotatable bonds is 0. The first-order valence-corrected chi connectivity index (χ1v) is 3.61. The van der Waals surface area contributed by atoms with Gasteiger partial charge in [0.2, 0.25) is 0 Å². The molecule has 64 valence electrons. The van der Waals surface area contributed by atoms with Crippen LogP contribution in [0.2, 0.25) is 5.15 Å². The predicted octanol–water partition coefficient (Wildman–Crippen LogP) is 2.27. The molecule has 2 rings (SSSR count). The highest BCUT2D eigenvalue weighted by Crippen LogP contribution is 2.12. The van der Waals surface area contributed by atoms with Crippen molar-refractivity contribution in [1.82, 2.24) is 14.4 Å². The number of imidazole rings is 1. The van der Waals surface area contributed by atoms with Gasteiger partial charge in [-0.05, 0) is 6.92 Å². The maximum absolute atomic E-state index is 5.78. The first-order chi connectivity index (χ1) is 5.27. The van der Waals surface area contributed by atoms with E-state index in [0.717, 1.165) is 5.69 Å². The average Bonchev–Trinajstić information content (AvgIpc) is 2.31. The van der Waals surface area contributed by atoms with Crippen LogP contribution in [0, 0.1) is 6.92 Å². The molecule has 0 amide bonds. The minimum atomic E-state index is 0. The molecule has 3 nitrogen and oxygen atoms in total. The Morgan fingerprint density at radius 2 is 2.25 bits per heavy atom. The third kappa shape index (κ3) is 1.44. The normalized spacial score (nSPS) is 9.83. The van der Waals surface area contributed by atoms with E-state index >= 15 is 0 Å². The maximum Gasteiger partial charge on any atom is 0.175 e. The van der Waals surface area contributed by atoms with Crippen LogP contribution >= 0.6 is 28.6 Å². The molecule has 2 aromatic rings. The summed E-state index contributed by atoms with van der Waals surface area (Å²) >= 11 is 5.78. The molecule has 0 fully saturated rings. The lowest BCUT2D eigenvalue weighted by atomic mass is 10.6. The van der Waals surface area contributed by atoms with Gasteiger partial charge in [-0.15, -0.1) is 17.0 Å². The second-order valence-electron chi connectivity index (χ2n) is 2.33. The molecule has 12 heavy (non-hydrogen) atoms. The standard InChI is InChI=1S/C7H6ClN3.BrH/c1-5-4-11-3-2-9-6(8)7(11)10-5;/h2-4H,1H3;1H. The van der Waals surface area contributed by atoms with Crippen molar-refractivity contribution < 1.29 is 0 Å². The summed E-state index contributed by atoms with van der Waals surface area (Å²) in [6.45, 7) is 1.92. The van der Waals surface area contributed by atoms with Crippen LogP contribution in [0.5, 0.6) is 0 Å². The van der Waals surface area contributed by atoms with Gasteiger partial charge in [0, 0.05) is 18.6 Å². The van der Waals surface area contributed by atoms with E-state index < -0.39 is 0 Å². The first-order valence-electron chi connectivity index (χ1n) is 3.23. The van der Waals surface area contributed by atoms with Crippen LogP contribution in [0.25, 0.3) is 5.65 Å². The molecule has 0 spiro atoms. The predicted molar refractivity (Wildman–Crippen MR) is 53.1 cm³/mol. The van der Waals surface area contributed by atoms with Crippen LogP contribution in [-0.2, 0) is 0 Å². The van der Waals surface area contributed by atoms with Gasteiger partial charge >= 0.3 is 0 Å². The molecule has 0 aromatic carbocycles. The summed E-state index contributed by atoms with van der Waals surface area (Å²) in [6, 6.07) is 0. The molecule has 0 bridgehead atoms. The fourth-order valence-electron chi connectivity index (χ4n) is 1.01. The Morgan fingerprint density at radius 1 is 1.50 bits per heavy atom. The summed E-state index contributed by atoms with van der Waals surface area (Å²) in [4.78, 5) is 8.08. The molecule has 0 saturated heterocycles. The zero-order valence-electron chi connectivity index (χ0n) is 6.36. The third-order valence-electron chi connectivity index (χ3n) is 1.45. The van der Waals surface area contributed by atoms with Crippen molar-refractivity contribution in [2.45, 2.75) is 6.92 Å². The van der Waals surface area contributed by atoms with Crippen LogP contribution in [0.15, 0.2) is 18.6 Å². The lowest BCUT2D eigenvalue weighted by molar-refractivity contribution is 1.13. The van der Waals surface area contributed by atoms with Crippen LogP contribution in [0.4, 0.5) is 0 Å². The van der Waals surface area contributed by atoms with Crippen LogP contribution < -0.4 is 0 Å². The number of aromatic nitrogens is 3. The number of hydrogen-bond donors (Lipinski definition) is 0. The summed E-state index contributed by atoms with van der Waals surface area (Å²) in [5.41, 5.74) is 1.66. The Hall–Kier alpha value is -0.610. The van der Waals surface area contributed by atoms with Gasteiger partial charge in [-0.2, -0.15) is 0 Å². The number of halogens is 2. The Kier molecular flexibility index (Phi) is 2.69. The highest BCUT2D eigenvalue weighted by atomic mass is 79.9. The largest absolute Gasteiger partial charge is 0.303 e. The van der Waals surface area contributed by atoms with E-state index in [1.54, 1.807) is 6.20 Å². The van der Waals surface area contributed by atoms with Crippen molar-refractivity contribution in [3.8, 4) is 0 Å². The first kappa shape index (κ1) is 9.48. The van der Waals surface area contributed by atoms with Crippen LogP contribution in [0.3, 0.4) is 0 Å². The molecule has 0 aliphatic heterocycles. The van der Waals surface area contributed by atoms with E-state index in [2.05, 4.69) is 9.97 Å². The van der Waals surface area contributed by atoms with Crippen LogP contribution in [-0.4, -0.2) is 14.4 Å². The molecule has 0 aliphatic carbocycles. The van der Waals surface area contributed by atoms with Gasteiger partial charge in [-0.25, -0.2) is 9.97 Å². The molecule has 0 radical (unpaired) electrons. The van der Waals surface area contributed by atoms with Crippen molar-refractivity contribution in [3.05, 3.63) is 29.4 Å². The minimum Gasteiger partial charge on any atom is -0.303 e. The van der Waals surface area contributed by atoms with E-state index in [1.165, 1.54) is 0 Å². The topological polar surface area (TPSA) is 30.2 Å². The van der Waals surface area contributed by atoms with Gasteiger partial charge in [-0.1, -0.05) is 11.6 Å². The zero-order valence-corrected chi connectivity index (χ0v) is 8.83. The lowest BCUT2D eigenvalue weighted by Crippen LogP contribution is -1.84. The van der Waals surface area contributed by atoms with Gasteiger partial charge in [0.15, 0.2) is 10.8 Å². The summed E-state index contributed by atoms with van der Waals surface area (Å²) < 4.78 is 1.85. The minimum absolute atomic E-state index is 0. The molecule has 0 unspecified atom stereocenters. The Balaban J connectivity index is 0.000000720. The lowest BCUT2D eigenvalue weighted by Gasteiger charge is -1.91. The Morgan fingerprint density at radius 3 is 2.92 bits per heavy atom. The van der Waals surface area contributed by atoms with Gasteiger partial charge < -0.3 is 4.40 Å². The molecule has 0 atom stereocenters. The van der Waals surface area contributed by atoms with E-state index in [1.807, 2.05) is 23.7 Å². The number of nitrogens with zero attached hydrogens (tertiary/aromatic N) is 3. The average molecular weight is 249 g/mol. The zero-order chi connectivity index (χ0) is 7.84. The molecule has 5 heteroatoms. The summed E-state index contributed by atoms with van der Waals surface area (Å²) in [5, 5.41) is 0.445. The van der Waals surface area contributed by atoms with Crippen molar-refractivity contribution in [3.63, 3.8) is 0 Å². The molecule has 0 N–H and O–H groups in total. The number of fused-ring (bicyclic) bond motifs is 1. The third-order valence-corrected chi connectivity index (χ3v) is 1.72. The SMILES string of the molecule is Br.Cc1cn2ccnc(Cl)c2n1. The van der Waals surface area contributed by atoms with Crippen LogP contribution in [0.1, 0.15) is 5.69 Å².